The molecule has 0 amide bonds. The van der Waals surface area contributed by atoms with Gasteiger partial charge < -0.3 is 11.7 Å². The van der Waals surface area contributed by atoms with Crippen molar-refractivity contribution in [3.63, 3.8) is 0 Å². The Morgan fingerprint density at radius 2 is 1.06 bits per heavy atom. The molecule has 0 aliphatic carbocycles. The molecule has 0 aromatic heterocycles. The molecule has 16 heavy (non-hydrogen) atoms. The van der Waals surface area contributed by atoms with Crippen LogP contribution in [0, 0.1) is 0 Å². The highest BCUT2D eigenvalue weighted by atomic mass is 127. The van der Waals surface area contributed by atoms with Crippen LogP contribution < -0.4 is 27.9 Å². The minimum Gasteiger partial charge on any atom is -0.396 e. The molecule has 0 spiro atoms. The predicted molar refractivity (Wildman–Crippen MR) is 53.3 cm³/mol. The lowest BCUT2D eigenvalue weighted by Crippen LogP contribution is -3.98. The fourth-order valence-corrected chi connectivity index (χ4v) is 1.13. The van der Waals surface area contributed by atoms with Crippen molar-refractivity contribution >= 4 is 17.6 Å². The normalized spacial score (nSPS) is 8.75. The Balaban J connectivity index is 0.000000323. The molecule has 0 fully saturated rings. The SMILES string of the molecule is C=O.[O-][I+2]([O-])O.c1ccc2ccccc2c1. The highest BCUT2D eigenvalue weighted by Crippen LogP contribution is 2.11. The zero-order chi connectivity index (χ0) is 12.4. The fraction of sp³-hybridized carbons (Fsp3) is 0. The summed E-state index contributed by atoms with van der Waals surface area (Å²) in [6.07, 6.45) is 0. The predicted octanol–water partition coefficient (Wildman–Crippen LogP) is -3.28. The van der Waals surface area contributed by atoms with Crippen molar-refractivity contribution in [2.75, 3.05) is 0 Å². The molecule has 0 heterocycles. The first-order chi connectivity index (χ1) is 7.70. The van der Waals surface area contributed by atoms with Gasteiger partial charge in [0.2, 0.25) is 0 Å². The first-order valence-electron chi connectivity index (χ1n) is 4.17. The summed E-state index contributed by atoms with van der Waals surface area (Å²) in [5.74, 6) is 0. The maximum absolute atomic E-state index is 8.68. The monoisotopic (exact) mass is 334 g/mol. The van der Waals surface area contributed by atoms with Gasteiger partial charge in [-0.25, -0.2) is 0 Å². The van der Waals surface area contributed by atoms with Crippen LogP contribution in [0.4, 0.5) is 0 Å². The van der Waals surface area contributed by atoms with Gasteiger partial charge in [0.1, 0.15) is 6.79 Å². The van der Waals surface area contributed by atoms with Gasteiger partial charge in [0.05, 0.1) is 0 Å². The zero-order valence-corrected chi connectivity index (χ0v) is 10.5. The quantitative estimate of drug-likeness (QED) is 0.513. The molecule has 86 valence electrons. The first kappa shape index (κ1) is 15.0. The van der Waals surface area contributed by atoms with E-state index in [1.165, 1.54) is 10.8 Å². The molecule has 0 unspecified atom stereocenters. The molecule has 2 rings (SSSR count). The average molecular weight is 334 g/mol. The minimum atomic E-state index is -3.76. The second kappa shape index (κ2) is 9.22. The van der Waals surface area contributed by atoms with Crippen LogP contribution in [0.15, 0.2) is 48.5 Å². The van der Waals surface area contributed by atoms with Gasteiger partial charge in [0.15, 0.2) is 0 Å². The van der Waals surface area contributed by atoms with Gasteiger partial charge >= 0.3 is 21.1 Å². The Labute approximate surface area is 102 Å². The Morgan fingerprint density at radius 3 is 1.25 bits per heavy atom. The van der Waals surface area contributed by atoms with Crippen LogP contribution in [0.5, 0.6) is 0 Å². The molecule has 0 aliphatic rings. The maximum atomic E-state index is 8.68. The molecular formula is C11H11IO4. The lowest BCUT2D eigenvalue weighted by molar-refractivity contribution is -1.63. The van der Waals surface area contributed by atoms with Gasteiger partial charge in [0.25, 0.3) is 0 Å². The van der Waals surface area contributed by atoms with Gasteiger partial charge in [-0.05, 0) is 14.2 Å². The van der Waals surface area contributed by atoms with Crippen LogP contribution in [-0.2, 0) is 4.79 Å². The van der Waals surface area contributed by atoms with Gasteiger partial charge in [-0.3, -0.25) is 0 Å². The second-order valence-electron chi connectivity index (χ2n) is 2.55. The van der Waals surface area contributed by atoms with E-state index >= 15 is 0 Å². The lowest BCUT2D eigenvalue weighted by atomic mass is 10.1. The molecule has 0 bridgehead atoms. The standard InChI is InChI=1S/C10H8.CH2O.HIO3/c1-2-6-10-8-4-3-7-9(10)5-1;1-2;2-1(3)4/h1-8H;1H2;2H. The molecular weight excluding hydrogens is 323 g/mol. The summed E-state index contributed by atoms with van der Waals surface area (Å²) in [5, 5.41) is 2.62. The van der Waals surface area contributed by atoms with E-state index in [1.807, 2.05) is 6.79 Å². The van der Waals surface area contributed by atoms with E-state index in [0.29, 0.717) is 0 Å². The van der Waals surface area contributed by atoms with Crippen LogP contribution in [-0.4, -0.2) is 10.2 Å². The number of fused-ring (bicyclic) bond motifs is 1. The summed E-state index contributed by atoms with van der Waals surface area (Å²) in [5.41, 5.74) is 0. The van der Waals surface area contributed by atoms with Crippen molar-refractivity contribution in [2.45, 2.75) is 0 Å². The van der Waals surface area contributed by atoms with E-state index < -0.39 is 21.1 Å². The smallest absolute Gasteiger partial charge is 0.396 e. The highest BCUT2D eigenvalue weighted by Gasteiger charge is 1.90. The molecule has 0 saturated heterocycles. The molecule has 0 aliphatic heterocycles. The summed E-state index contributed by atoms with van der Waals surface area (Å²) in [6.45, 7) is 2.00. The van der Waals surface area contributed by atoms with E-state index in [2.05, 4.69) is 48.5 Å². The summed E-state index contributed by atoms with van der Waals surface area (Å²) in [6, 6.07) is 16.7. The van der Waals surface area contributed by atoms with Crippen molar-refractivity contribution in [2.24, 2.45) is 0 Å². The third-order valence-corrected chi connectivity index (χ3v) is 1.66. The number of hydrogen-bond donors (Lipinski definition) is 1. The number of carbonyl (C=O) groups is 1. The van der Waals surface area contributed by atoms with E-state index in [0.717, 1.165) is 0 Å². The third-order valence-electron chi connectivity index (χ3n) is 1.66. The summed E-state index contributed by atoms with van der Waals surface area (Å²) in [4.78, 5) is 8.00. The van der Waals surface area contributed by atoms with Crippen LogP contribution in [0.1, 0.15) is 0 Å². The summed E-state index contributed by atoms with van der Waals surface area (Å²) < 4.78 is 24.5. The van der Waals surface area contributed by atoms with Crippen LogP contribution in [0.3, 0.4) is 0 Å². The summed E-state index contributed by atoms with van der Waals surface area (Å²) >= 11 is -3.76. The lowest BCUT2D eigenvalue weighted by Gasteiger charge is -1.92. The topological polar surface area (TPSA) is 83.4 Å². The number of carbonyl (C=O) groups excluding carboxylic acids is 1. The van der Waals surface area contributed by atoms with E-state index in [4.69, 9.17) is 15.1 Å². The summed E-state index contributed by atoms with van der Waals surface area (Å²) in [7, 11) is 0. The van der Waals surface area contributed by atoms with E-state index in [9.17, 15) is 0 Å². The number of rotatable bonds is 0. The zero-order valence-electron chi connectivity index (χ0n) is 8.38. The second-order valence-corrected chi connectivity index (χ2v) is 3.70. The van der Waals surface area contributed by atoms with E-state index in [1.54, 1.807) is 0 Å². The van der Waals surface area contributed by atoms with E-state index in [-0.39, 0.29) is 0 Å². The molecule has 0 saturated carbocycles. The Morgan fingerprint density at radius 1 is 0.875 bits per heavy atom. The average Bonchev–Trinajstić information content (AvgIpc) is 2.31. The van der Waals surface area contributed by atoms with Crippen molar-refractivity contribution in [3.8, 4) is 0 Å². The van der Waals surface area contributed by atoms with Crippen LogP contribution in [0.25, 0.3) is 10.8 Å². The van der Waals surface area contributed by atoms with Crippen molar-refractivity contribution in [3.05, 3.63) is 48.5 Å². The maximum Gasteiger partial charge on any atom is 0.503 e. The fourth-order valence-electron chi connectivity index (χ4n) is 1.13. The Kier molecular flexibility index (Phi) is 8.64. The molecule has 2 aromatic carbocycles. The van der Waals surface area contributed by atoms with Gasteiger partial charge in [-0.2, -0.15) is 0 Å². The molecule has 2 aromatic rings. The highest BCUT2D eigenvalue weighted by molar-refractivity contribution is 5.81. The molecule has 0 atom stereocenters. The number of benzene rings is 2. The van der Waals surface area contributed by atoms with Crippen molar-refractivity contribution in [1.82, 2.24) is 0 Å². The number of hydrogen-bond acceptors (Lipinski definition) is 4. The third kappa shape index (κ3) is 6.46. The molecule has 5 heteroatoms. The van der Waals surface area contributed by atoms with Crippen LogP contribution in [0.2, 0.25) is 0 Å². The Bertz CT molecular complexity index is 338. The molecule has 1 N–H and O–H groups in total. The molecule has 4 nitrogen and oxygen atoms in total. The van der Waals surface area contributed by atoms with Crippen molar-refractivity contribution in [1.29, 1.82) is 0 Å². The number of halogens is 1. The van der Waals surface area contributed by atoms with Gasteiger partial charge in [0, 0.05) is 0 Å². The van der Waals surface area contributed by atoms with Crippen molar-refractivity contribution < 1.29 is 36.2 Å². The molecule has 0 radical (unpaired) electrons. The minimum absolute atomic E-state index is 1.31. The Hall–Kier alpha value is -1.02. The van der Waals surface area contributed by atoms with Gasteiger partial charge in [-0.1, -0.05) is 48.5 Å². The van der Waals surface area contributed by atoms with Gasteiger partial charge in [-0.15, -0.1) is 0 Å². The first-order valence-corrected chi connectivity index (χ1v) is 6.90. The largest absolute Gasteiger partial charge is 0.503 e. The van der Waals surface area contributed by atoms with Crippen LogP contribution >= 0.6 is 0 Å².